The van der Waals surface area contributed by atoms with Crippen LogP contribution in [0.4, 0.5) is 0 Å². The smallest absolute Gasteiger partial charge is 0.0655 e. The predicted octanol–water partition coefficient (Wildman–Crippen LogP) is 4.51. The Balaban J connectivity index is 1.68. The monoisotopic (exact) mass is 232 g/mol. The van der Waals surface area contributed by atoms with Gasteiger partial charge in [0.1, 0.15) is 0 Å². The fourth-order valence-electron chi connectivity index (χ4n) is 3.58. The zero-order chi connectivity index (χ0) is 11.5. The number of aromatic amines is 1. The molecule has 2 aliphatic carbocycles. The summed E-state index contributed by atoms with van der Waals surface area (Å²) < 4.78 is 0. The van der Waals surface area contributed by atoms with E-state index in [-0.39, 0.29) is 0 Å². The van der Waals surface area contributed by atoms with Crippen LogP contribution >= 0.6 is 0 Å². The maximum absolute atomic E-state index is 4.59. The molecule has 2 heteroatoms. The van der Waals surface area contributed by atoms with E-state index in [0.717, 1.165) is 11.8 Å². The molecular weight excluding hydrogens is 208 g/mol. The average Bonchev–Trinajstić information content (AvgIpc) is 2.90. The van der Waals surface area contributed by atoms with Crippen LogP contribution in [0.3, 0.4) is 0 Å². The lowest BCUT2D eigenvalue weighted by molar-refractivity contribution is 0.436. The van der Waals surface area contributed by atoms with Gasteiger partial charge in [0, 0.05) is 17.5 Å². The summed E-state index contributed by atoms with van der Waals surface area (Å²) in [7, 11) is 0. The zero-order valence-corrected chi connectivity index (χ0v) is 10.8. The Morgan fingerprint density at radius 1 is 0.824 bits per heavy atom. The molecule has 0 bridgehead atoms. The van der Waals surface area contributed by atoms with Gasteiger partial charge in [0.15, 0.2) is 0 Å². The highest BCUT2D eigenvalue weighted by Crippen LogP contribution is 2.35. The number of hydrogen-bond donors (Lipinski definition) is 1. The molecule has 0 saturated heterocycles. The van der Waals surface area contributed by atoms with E-state index in [2.05, 4.69) is 16.3 Å². The van der Waals surface area contributed by atoms with Crippen LogP contribution in [0.1, 0.15) is 87.4 Å². The quantitative estimate of drug-likeness (QED) is 0.798. The Bertz CT molecular complexity index is 311. The topological polar surface area (TPSA) is 28.7 Å². The summed E-state index contributed by atoms with van der Waals surface area (Å²) in [4.78, 5) is 0. The lowest BCUT2D eigenvalue weighted by Crippen LogP contribution is -2.05. The summed E-state index contributed by atoms with van der Waals surface area (Å²) in [5.41, 5.74) is 2.77. The van der Waals surface area contributed by atoms with E-state index < -0.39 is 0 Å². The first-order valence-electron chi connectivity index (χ1n) is 7.48. The SMILES string of the molecule is c1c(C2CCCCC2)n[nH]c1C1CCCCC1. The van der Waals surface area contributed by atoms with Gasteiger partial charge in [-0.3, -0.25) is 5.10 Å². The van der Waals surface area contributed by atoms with Gasteiger partial charge in [-0.15, -0.1) is 0 Å². The van der Waals surface area contributed by atoms with E-state index in [0.29, 0.717) is 0 Å². The van der Waals surface area contributed by atoms with Crippen LogP contribution < -0.4 is 0 Å². The Labute approximate surface area is 104 Å². The van der Waals surface area contributed by atoms with Gasteiger partial charge in [-0.05, 0) is 31.7 Å². The van der Waals surface area contributed by atoms with Gasteiger partial charge in [-0.2, -0.15) is 5.10 Å². The van der Waals surface area contributed by atoms with Crippen molar-refractivity contribution in [2.45, 2.75) is 76.0 Å². The minimum Gasteiger partial charge on any atom is -0.282 e. The summed E-state index contributed by atoms with van der Waals surface area (Å²) in [5, 5.41) is 7.91. The normalized spacial score (nSPS) is 24.0. The number of hydrogen-bond acceptors (Lipinski definition) is 1. The van der Waals surface area contributed by atoms with Crippen molar-refractivity contribution in [3.63, 3.8) is 0 Å². The van der Waals surface area contributed by atoms with Crippen molar-refractivity contribution in [2.24, 2.45) is 0 Å². The first kappa shape index (κ1) is 11.3. The third-order valence-corrected chi connectivity index (χ3v) is 4.69. The van der Waals surface area contributed by atoms with Gasteiger partial charge in [0.2, 0.25) is 0 Å². The van der Waals surface area contributed by atoms with Crippen LogP contribution in [-0.4, -0.2) is 10.2 Å². The Kier molecular flexibility index (Phi) is 3.49. The summed E-state index contributed by atoms with van der Waals surface area (Å²) >= 11 is 0. The van der Waals surface area contributed by atoms with Crippen LogP contribution in [0.2, 0.25) is 0 Å². The Morgan fingerprint density at radius 3 is 2.06 bits per heavy atom. The fraction of sp³-hybridized carbons (Fsp3) is 0.800. The molecule has 0 aromatic carbocycles. The van der Waals surface area contributed by atoms with E-state index in [9.17, 15) is 0 Å². The highest BCUT2D eigenvalue weighted by molar-refractivity contribution is 5.17. The Morgan fingerprint density at radius 2 is 1.41 bits per heavy atom. The van der Waals surface area contributed by atoms with Crippen molar-refractivity contribution in [1.82, 2.24) is 10.2 Å². The van der Waals surface area contributed by atoms with Crippen molar-refractivity contribution in [3.8, 4) is 0 Å². The maximum Gasteiger partial charge on any atom is 0.0655 e. The molecule has 0 unspecified atom stereocenters. The third-order valence-electron chi connectivity index (χ3n) is 4.69. The van der Waals surface area contributed by atoms with Crippen molar-refractivity contribution in [2.75, 3.05) is 0 Å². The van der Waals surface area contributed by atoms with E-state index in [1.807, 2.05) is 0 Å². The average molecular weight is 232 g/mol. The predicted molar refractivity (Wildman–Crippen MR) is 70.2 cm³/mol. The molecule has 17 heavy (non-hydrogen) atoms. The highest BCUT2D eigenvalue weighted by atomic mass is 15.1. The van der Waals surface area contributed by atoms with Gasteiger partial charge < -0.3 is 0 Å². The number of H-pyrrole nitrogens is 1. The first-order valence-corrected chi connectivity index (χ1v) is 7.48. The lowest BCUT2D eigenvalue weighted by Gasteiger charge is -2.20. The van der Waals surface area contributed by atoms with Gasteiger partial charge in [0.25, 0.3) is 0 Å². The third kappa shape index (κ3) is 2.56. The molecule has 0 atom stereocenters. The molecule has 1 aromatic heterocycles. The van der Waals surface area contributed by atoms with Crippen LogP contribution in [0.5, 0.6) is 0 Å². The minimum absolute atomic E-state index is 0.748. The van der Waals surface area contributed by atoms with Crippen molar-refractivity contribution in [3.05, 3.63) is 17.5 Å². The largest absolute Gasteiger partial charge is 0.282 e. The lowest BCUT2D eigenvalue weighted by atomic mass is 9.84. The van der Waals surface area contributed by atoms with Crippen molar-refractivity contribution < 1.29 is 0 Å². The van der Waals surface area contributed by atoms with E-state index in [1.165, 1.54) is 75.6 Å². The second-order valence-electron chi connectivity index (χ2n) is 5.92. The molecule has 2 nitrogen and oxygen atoms in total. The molecule has 0 aliphatic heterocycles. The van der Waals surface area contributed by atoms with Crippen LogP contribution in [0.15, 0.2) is 6.07 Å². The van der Waals surface area contributed by atoms with Crippen molar-refractivity contribution in [1.29, 1.82) is 0 Å². The molecule has 1 heterocycles. The summed E-state index contributed by atoms with van der Waals surface area (Å²) in [6, 6.07) is 2.38. The van der Waals surface area contributed by atoms with Gasteiger partial charge in [-0.25, -0.2) is 0 Å². The second kappa shape index (κ2) is 5.24. The van der Waals surface area contributed by atoms with E-state index in [4.69, 9.17) is 0 Å². The maximum atomic E-state index is 4.59. The molecule has 1 aromatic rings. The number of rotatable bonds is 2. The van der Waals surface area contributed by atoms with E-state index in [1.54, 1.807) is 0 Å². The second-order valence-corrected chi connectivity index (χ2v) is 5.92. The van der Waals surface area contributed by atoms with E-state index >= 15 is 0 Å². The highest BCUT2D eigenvalue weighted by Gasteiger charge is 2.21. The molecule has 2 aliphatic rings. The van der Waals surface area contributed by atoms with Gasteiger partial charge >= 0.3 is 0 Å². The summed E-state index contributed by atoms with van der Waals surface area (Å²) in [6.45, 7) is 0. The zero-order valence-electron chi connectivity index (χ0n) is 10.8. The number of nitrogens with one attached hydrogen (secondary N) is 1. The molecule has 2 saturated carbocycles. The molecule has 94 valence electrons. The van der Waals surface area contributed by atoms with Gasteiger partial charge in [0.05, 0.1) is 5.69 Å². The summed E-state index contributed by atoms with van der Waals surface area (Å²) in [5.74, 6) is 1.52. The first-order chi connectivity index (χ1) is 8.43. The number of nitrogens with zero attached hydrogens (tertiary/aromatic N) is 1. The van der Waals surface area contributed by atoms with Crippen LogP contribution in [-0.2, 0) is 0 Å². The minimum atomic E-state index is 0.748. The Hall–Kier alpha value is -0.790. The molecule has 2 fully saturated rings. The molecule has 0 amide bonds. The molecular formula is C15H24N2. The molecule has 0 spiro atoms. The fourth-order valence-corrected chi connectivity index (χ4v) is 3.58. The van der Waals surface area contributed by atoms with Crippen LogP contribution in [0, 0.1) is 0 Å². The molecule has 3 rings (SSSR count). The summed E-state index contributed by atoms with van der Waals surface area (Å²) in [6.07, 6.45) is 13.9. The van der Waals surface area contributed by atoms with Crippen LogP contribution in [0.25, 0.3) is 0 Å². The van der Waals surface area contributed by atoms with Gasteiger partial charge in [-0.1, -0.05) is 38.5 Å². The molecule has 0 radical (unpaired) electrons. The van der Waals surface area contributed by atoms with Crippen molar-refractivity contribution >= 4 is 0 Å². The molecule has 1 N–H and O–H groups in total. The standard InChI is InChI=1S/C15H24N2/c1-3-7-12(8-4-1)14-11-15(17-16-14)13-9-5-2-6-10-13/h11-13H,1-10H2,(H,16,17). The number of aromatic nitrogens is 2.